The number of anilines is 2. The summed E-state index contributed by atoms with van der Waals surface area (Å²) in [5.74, 6) is 2.47. The van der Waals surface area contributed by atoms with E-state index in [4.69, 9.17) is 9.47 Å². The summed E-state index contributed by atoms with van der Waals surface area (Å²) in [6.45, 7) is 0. The summed E-state index contributed by atoms with van der Waals surface area (Å²) in [6.07, 6.45) is 16.3. The van der Waals surface area contributed by atoms with Crippen molar-refractivity contribution in [2.24, 2.45) is 0 Å². The molecule has 0 atom stereocenters. The van der Waals surface area contributed by atoms with E-state index in [1.807, 2.05) is 215 Å². The molecule has 0 saturated carbocycles. The second kappa shape index (κ2) is 20.7. The Morgan fingerprint density at radius 2 is 0.639 bits per heavy atom. The van der Waals surface area contributed by atoms with Crippen molar-refractivity contribution in [2.75, 3.05) is 10.6 Å². The zero-order valence-electron chi connectivity index (χ0n) is 38.5. The van der Waals surface area contributed by atoms with Crippen molar-refractivity contribution in [3.05, 3.63) is 264 Å². The lowest BCUT2D eigenvalue weighted by Crippen LogP contribution is -2.30. The highest BCUT2D eigenvalue weighted by Gasteiger charge is 2.16. The van der Waals surface area contributed by atoms with Crippen LogP contribution in [0.25, 0.3) is 45.0 Å². The van der Waals surface area contributed by atoms with E-state index in [9.17, 15) is 9.59 Å². The van der Waals surface area contributed by atoms with Gasteiger partial charge in [-0.05, 0) is 81.5 Å². The van der Waals surface area contributed by atoms with E-state index in [-0.39, 0.29) is 11.8 Å². The molecule has 0 aliphatic rings. The third-order valence-electron chi connectivity index (χ3n) is 11.8. The van der Waals surface area contributed by atoms with E-state index in [1.165, 1.54) is 22.7 Å². The SMILES string of the molecule is O=C(Nc1cccc(-[n+]2ccc(-c3cc[n+](-c4cccc(Oc5cccc(Oc6cccc(-[n+]7ccc(-c8cc[n+](-c9cccc(NC(=O)c%10cccs%10)c9)cc8)cc7)c6)c5)c4)cc3)cc2)c1)c1cccs1. The molecule has 6 aromatic heterocycles. The molecule has 11 rings (SSSR count). The van der Waals surface area contributed by atoms with Crippen LogP contribution in [0.5, 0.6) is 23.0 Å². The summed E-state index contributed by atoms with van der Waals surface area (Å²) in [4.78, 5) is 26.5. The molecule has 6 heterocycles. The number of carbonyl (C=O) groups is 2. The molecule has 10 nitrogen and oxygen atoms in total. The summed E-state index contributed by atoms with van der Waals surface area (Å²) in [6, 6.07) is 63.3. The van der Waals surface area contributed by atoms with Crippen molar-refractivity contribution in [1.29, 1.82) is 0 Å². The van der Waals surface area contributed by atoms with E-state index < -0.39 is 0 Å². The smallest absolute Gasteiger partial charge is 0.265 e. The maximum Gasteiger partial charge on any atom is 0.265 e. The van der Waals surface area contributed by atoms with Crippen LogP contribution in [0.1, 0.15) is 19.3 Å². The molecule has 0 unspecified atom stereocenters. The number of pyridine rings is 4. The fourth-order valence-electron chi connectivity index (χ4n) is 8.14. The van der Waals surface area contributed by atoms with E-state index in [2.05, 4.69) is 68.3 Å². The lowest BCUT2D eigenvalue weighted by atomic mass is 10.1. The van der Waals surface area contributed by atoms with E-state index in [1.54, 1.807) is 0 Å². The van der Waals surface area contributed by atoms with Gasteiger partial charge in [-0.25, -0.2) is 0 Å². The number of amides is 2. The summed E-state index contributed by atoms with van der Waals surface area (Å²) < 4.78 is 20.9. The first-order valence-corrected chi connectivity index (χ1v) is 24.8. The van der Waals surface area contributed by atoms with Gasteiger partial charge in [0.2, 0.25) is 22.7 Å². The Morgan fingerprint density at radius 1 is 0.333 bits per heavy atom. The number of hydrogen-bond donors (Lipinski definition) is 2. The second-order valence-corrected chi connectivity index (χ2v) is 18.5. The number of carbonyl (C=O) groups excluding carboxylic acids is 2. The van der Waals surface area contributed by atoms with Crippen molar-refractivity contribution in [3.63, 3.8) is 0 Å². The molecule has 0 bridgehead atoms. The molecule has 0 radical (unpaired) electrons. The Labute approximate surface area is 423 Å². The van der Waals surface area contributed by atoms with Gasteiger partial charge in [0.15, 0.2) is 49.6 Å². The first kappa shape index (κ1) is 45.1. The van der Waals surface area contributed by atoms with Crippen LogP contribution >= 0.6 is 22.7 Å². The van der Waals surface area contributed by atoms with Gasteiger partial charge in [-0.2, -0.15) is 18.3 Å². The van der Waals surface area contributed by atoms with Crippen LogP contribution in [0.4, 0.5) is 11.4 Å². The molecule has 5 aromatic carbocycles. The van der Waals surface area contributed by atoms with Crippen LogP contribution in [-0.2, 0) is 0 Å². The monoisotopic (exact) mass is 976 g/mol. The maximum absolute atomic E-state index is 12.6. The number of rotatable bonds is 14. The molecule has 346 valence electrons. The highest BCUT2D eigenvalue weighted by atomic mass is 32.1. The fraction of sp³-hybridized carbons (Fsp3) is 0. The van der Waals surface area contributed by atoms with Gasteiger partial charge in [0.1, 0.15) is 23.0 Å². The first-order valence-electron chi connectivity index (χ1n) is 23.1. The van der Waals surface area contributed by atoms with Crippen molar-refractivity contribution in [3.8, 4) is 68.0 Å². The number of thiophene rings is 2. The summed E-state index contributed by atoms with van der Waals surface area (Å²) in [5.41, 5.74) is 9.61. The molecule has 11 aromatic rings. The minimum Gasteiger partial charge on any atom is -0.457 e. The average molecular weight is 977 g/mol. The maximum atomic E-state index is 12.6. The Bertz CT molecular complexity index is 3420. The number of aromatic nitrogens is 4. The normalized spacial score (nSPS) is 10.9. The lowest BCUT2D eigenvalue weighted by molar-refractivity contribution is -0.596. The van der Waals surface area contributed by atoms with Crippen LogP contribution in [0.2, 0.25) is 0 Å². The Kier molecular flexibility index (Phi) is 13.0. The van der Waals surface area contributed by atoms with E-state index >= 15 is 0 Å². The molecule has 72 heavy (non-hydrogen) atoms. The number of nitrogens with zero attached hydrogens (tertiary/aromatic N) is 4. The Hall–Kier alpha value is -9.36. The molecular weight excluding hydrogens is 933 g/mol. The third kappa shape index (κ3) is 10.6. The molecule has 0 fully saturated rings. The van der Waals surface area contributed by atoms with Crippen molar-refractivity contribution in [1.82, 2.24) is 0 Å². The molecule has 0 aliphatic carbocycles. The van der Waals surface area contributed by atoms with Gasteiger partial charge in [-0.15, -0.1) is 22.7 Å². The van der Waals surface area contributed by atoms with Crippen LogP contribution in [-0.4, -0.2) is 11.8 Å². The van der Waals surface area contributed by atoms with Gasteiger partial charge in [0.25, 0.3) is 11.8 Å². The van der Waals surface area contributed by atoms with Gasteiger partial charge in [-0.3, -0.25) is 9.59 Å². The summed E-state index contributed by atoms with van der Waals surface area (Å²) in [5, 5.41) is 9.77. The van der Waals surface area contributed by atoms with Crippen molar-refractivity contribution < 1.29 is 37.3 Å². The molecule has 0 saturated heterocycles. The van der Waals surface area contributed by atoms with Crippen molar-refractivity contribution >= 4 is 45.9 Å². The quantitative estimate of drug-likeness (QED) is 0.106. The molecular formula is C60H44N6O4S2+4. The predicted octanol–water partition coefficient (Wildman–Crippen LogP) is 12.3. The first-order chi connectivity index (χ1) is 35.4. The van der Waals surface area contributed by atoms with Gasteiger partial charge in [-0.1, -0.05) is 42.5 Å². The summed E-state index contributed by atoms with van der Waals surface area (Å²) >= 11 is 2.84. The lowest BCUT2D eigenvalue weighted by Gasteiger charge is -2.10. The molecule has 2 amide bonds. The zero-order valence-corrected chi connectivity index (χ0v) is 40.1. The predicted molar refractivity (Wildman–Crippen MR) is 281 cm³/mol. The van der Waals surface area contributed by atoms with Crippen LogP contribution in [0.15, 0.2) is 254 Å². The standard InChI is InChI=1S/C60H42N6O4S2/c67-59(57-18-6-36-71-57)61-47-8-1-10-49(38-47)63-28-20-43(21-29-63)45-24-32-65(33-25-45)51-12-3-14-53(40-51)69-55-16-5-17-56(42-55)70-54-15-4-13-52(41-54)66-34-26-46(27-35-66)44-22-30-64(31-23-44)50-11-2-9-48(39-50)62-60(68)58-19-7-37-72-58/h1-42H/q+2/p+2. The number of hydrogen-bond acceptors (Lipinski definition) is 6. The molecule has 12 heteroatoms. The molecule has 0 aliphatic heterocycles. The highest BCUT2D eigenvalue weighted by molar-refractivity contribution is 7.12. The Morgan fingerprint density at radius 3 is 0.972 bits per heavy atom. The largest absolute Gasteiger partial charge is 0.457 e. The van der Waals surface area contributed by atoms with Gasteiger partial charge >= 0.3 is 0 Å². The van der Waals surface area contributed by atoms with E-state index in [0.717, 1.165) is 56.4 Å². The third-order valence-corrected chi connectivity index (χ3v) is 13.5. The van der Waals surface area contributed by atoms with Crippen LogP contribution < -0.4 is 38.4 Å². The molecule has 0 spiro atoms. The number of nitrogens with one attached hydrogen (secondary N) is 2. The molecule has 2 N–H and O–H groups in total. The topological polar surface area (TPSA) is 92.2 Å². The summed E-state index contributed by atoms with van der Waals surface area (Å²) in [7, 11) is 0. The minimum absolute atomic E-state index is 0.114. The Balaban J connectivity index is 0.702. The highest BCUT2D eigenvalue weighted by Crippen LogP contribution is 2.30. The number of ether oxygens (including phenoxy) is 2. The fourth-order valence-corrected chi connectivity index (χ4v) is 9.38. The van der Waals surface area contributed by atoms with Crippen molar-refractivity contribution in [2.45, 2.75) is 0 Å². The van der Waals surface area contributed by atoms with E-state index in [0.29, 0.717) is 32.8 Å². The average Bonchev–Trinajstić information content (AvgIpc) is 4.19. The van der Waals surface area contributed by atoms with Gasteiger partial charge < -0.3 is 20.1 Å². The zero-order chi connectivity index (χ0) is 48.6. The van der Waals surface area contributed by atoms with Crippen LogP contribution in [0, 0.1) is 0 Å². The number of benzene rings is 5. The van der Waals surface area contributed by atoms with Gasteiger partial charge in [0.05, 0.1) is 21.9 Å². The second-order valence-electron chi connectivity index (χ2n) is 16.6. The minimum atomic E-state index is -0.114. The van der Waals surface area contributed by atoms with Crippen LogP contribution in [0.3, 0.4) is 0 Å². The van der Waals surface area contributed by atoms with Gasteiger partial charge in [0, 0.05) is 102 Å².